The highest BCUT2D eigenvalue weighted by Gasteiger charge is 2.29. The van der Waals surface area contributed by atoms with Crippen molar-refractivity contribution in [1.29, 1.82) is 0 Å². The molecule has 22 heavy (non-hydrogen) atoms. The number of hydrogen-bond donors (Lipinski definition) is 2. The summed E-state index contributed by atoms with van der Waals surface area (Å²) in [5, 5.41) is 5.08. The van der Waals surface area contributed by atoms with Crippen molar-refractivity contribution in [3.63, 3.8) is 0 Å². The molecule has 1 saturated heterocycles. The largest absolute Gasteiger partial charge is 0.489 e. The zero-order valence-corrected chi connectivity index (χ0v) is 13.2. The third kappa shape index (κ3) is 4.59. The van der Waals surface area contributed by atoms with E-state index in [1.54, 1.807) is 0 Å². The van der Waals surface area contributed by atoms with E-state index in [4.69, 9.17) is 4.74 Å². The Morgan fingerprint density at radius 2 is 2.14 bits per heavy atom. The molecule has 0 radical (unpaired) electrons. The second-order valence-electron chi connectivity index (χ2n) is 5.51. The molecule has 2 rings (SSSR count). The molecule has 0 bridgehead atoms. The average molecular weight is 330 g/mol. The second kappa shape index (κ2) is 6.51. The van der Waals surface area contributed by atoms with Gasteiger partial charge in [-0.2, -0.15) is 0 Å². The number of hydrogen-bond acceptors (Lipinski definition) is 4. The van der Waals surface area contributed by atoms with Crippen LogP contribution in [0.15, 0.2) is 18.2 Å². The normalized spacial score (nSPS) is 19.9. The Labute approximate surface area is 129 Å². The first-order valence-electron chi connectivity index (χ1n) is 6.99. The number of amides is 2. The van der Waals surface area contributed by atoms with E-state index >= 15 is 0 Å². The van der Waals surface area contributed by atoms with Crippen molar-refractivity contribution in [3.8, 4) is 5.75 Å². The first-order valence-corrected chi connectivity index (χ1v) is 8.81. The maximum Gasteiger partial charge on any atom is 0.319 e. The minimum Gasteiger partial charge on any atom is -0.489 e. The van der Waals surface area contributed by atoms with Gasteiger partial charge in [-0.1, -0.05) is 0 Å². The fourth-order valence-corrected chi connectivity index (χ4v) is 3.88. The Bertz CT molecular complexity index is 661. The fraction of sp³-hybridized carbons (Fsp3) is 0.500. The predicted octanol–water partition coefficient (Wildman–Crippen LogP) is 1.92. The molecular formula is C14H19FN2O4S. The van der Waals surface area contributed by atoms with Crippen LogP contribution in [0.4, 0.5) is 14.9 Å². The Balaban J connectivity index is 2.03. The van der Waals surface area contributed by atoms with Gasteiger partial charge in [0.15, 0.2) is 9.84 Å². The highest BCUT2D eigenvalue weighted by Crippen LogP contribution is 2.26. The summed E-state index contributed by atoms with van der Waals surface area (Å²) in [5.41, 5.74) is 0.201. The number of benzene rings is 1. The van der Waals surface area contributed by atoms with Crippen molar-refractivity contribution < 1.29 is 22.3 Å². The van der Waals surface area contributed by atoms with Gasteiger partial charge in [-0.3, -0.25) is 0 Å². The van der Waals surface area contributed by atoms with Crippen LogP contribution in [-0.4, -0.2) is 38.1 Å². The highest BCUT2D eigenvalue weighted by molar-refractivity contribution is 7.91. The summed E-state index contributed by atoms with van der Waals surface area (Å²) < 4.78 is 41.6. The number of rotatable bonds is 4. The van der Waals surface area contributed by atoms with Crippen LogP contribution in [-0.2, 0) is 9.84 Å². The molecule has 1 aliphatic rings. The third-order valence-electron chi connectivity index (χ3n) is 3.12. The lowest BCUT2D eigenvalue weighted by molar-refractivity contribution is 0.241. The molecular weight excluding hydrogens is 311 g/mol. The lowest BCUT2D eigenvalue weighted by Gasteiger charge is -2.16. The quantitative estimate of drug-likeness (QED) is 0.883. The molecule has 1 fully saturated rings. The van der Waals surface area contributed by atoms with E-state index < -0.39 is 27.7 Å². The first-order chi connectivity index (χ1) is 10.2. The zero-order valence-electron chi connectivity index (χ0n) is 12.4. The summed E-state index contributed by atoms with van der Waals surface area (Å²) in [6, 6.07) is 2.83. The van der Waals surface area contributed by atoms with E-state index in [0.717, 1.165) is 6.07 Å². The molecule has 1 heterocycles. The average Bonchev–Trinajstić information content (AvgIpc) is 2.71. The smallest absolute Gasteiger partial charge is 0.319 e. The van der Waals surface area contributed by atoms with Gasteiger partial charge >= 0.3 is 6.03 Å². The minimum absolute atomic E-state index is 0.0691. The monoisotopic (exact) mass is 330 g/mol. The molecule has 0 unspecified atom stereocenters. The van der Waals surface area contributed by atoms with E-state index in [1.165, 1.54) is 12.1 Å². The van der Waals surface area contributed by atoms with E-state index in [1.807, 2.05) is 13.8 Å². The number of halogens is 1. The number of nitrogens with one attached hydrogen (secondary N) is 2. The molecule has 1 aliphatic heterocycles. The second-order valence-corrected chi connectivity index (χ2v) is 7.73. The molecule has 6 nitrogen and oxygen atoms in total. The number of carbonyl (C=O) groups excluding carboxylic acids is 1. The van der Waals surface area contributed by atoms with Gasteiger partial charge in [-0.05, 0) is 32.4 Å². The molecule has 8 heteroatoms. The van der Waals surface area contributed by atoms with Crippen molar-refractivity contribution in [2.45, 2.75) is 32.4 Å². The van der Waals surface area contributed by atoms with Gasteiger partial charge in [0.05, 0.1) is 23.3 Å². The van der Waals surface area contributed by atoms with Crippen molar-refractivity contribution in [3.05, 3.63) is 24.0 Å². The lowest BCUT2D eigenvalue weighted by atomic mass is 10.2. The van der Waals surface area contributed by atoms with Gasteiger partial charge in [0, 0.05) is 12.1 Å². The van der Waals surface area contributed by atoms with Crippen LogP contribution in [0.25, 0.3) is 0 Å². The van der Waals surface area contributed by atoms with E-state index in [0.29, 0.717) is 12.2 Å². The molecule has 0 aromatic heterocycles. The zero-order chi connectivity index (χ0) is 16.3. The summed E-state index contributed by atoms with van der Waals surface area (Å²) in [6.07, 6.45) is 0.253. The van der Waals surface area contributed by atoms with Crippen molar-refractivity contribution in [2.24, 2.45) is 0 Å². The summed E-state index contributed by atoms with van der Waals surface area (Å²) in [6.45, 7) is 3.63. The van der Waals surface area contributed by atoms with Gasteiger partial charge in [0.1, 0.15) is 11.6 Å². The van der Waals surface area contributed by atoms with E-state index in [-0.39, 0.29) is 23.3 Å². The molecule has 0 aliphatic carbocycles. The van der Waals surface area contributed by atoms with Gasteiger partial charge in [0.25, 0.3) is 0 Å². The Morgan fingerprint density at radius 3 is 2.73 bits per heavy atom. The van der Waals surface area contributed by atoms with Crippen LogP contribution < -0.4 is 15.4 Å². The molecule has 2 amide bonds. The van der Waals surface area contributed by atoms with Gasteiger partial charge in [-0.25, -0.2) is 17.6 Å². The SMILES string of the molecule is CC(C)Oc1ccc(F)cc1NC(=O)N[C@@H]1CCS(=O)(=O)C1. The van der Waals surface area contributed by atoms with Crippen LogP contribution in [0.1, 0.15) is 20.3 Å². The predicted molar refractivity (Wildman–Crippen MR) is 81.4 cm³/mol. The van der Waals surface area contributed by atoms with E-state index in [9.17, 15) is 17.6 Å². The maximum absolute atomic E-state index is 13.3. The molecule has 0 saturated carbocycles. The number of sulfone groups is 1. The van der Waals surface area contributed by atoms with Crippen molar-refractivity contribution >= 4 is 21.6 Å². The molecule has 0 spiro atoms. The number of ether oxygens (including phenoxy) is 1. The van der Waals surface area contributed by atoms with Crippen molar-refractivity contribution in [2.75, 3.05) is 16.8 Å². The summed E-state index contributed by atoms with van der Waals surface area (Å²) in [5.74, 6) is -0.154. The molecule has 1 atom stereocenters. The minimum atomic E-state index is -3.07. The lowest BCUT2D eigenvalue weighted by Crippen LogP contribution is -2.38. The Kier molecular flexibility index (Phi) is 4.90. The molecule has 1 aromatic carbocycles. The van der Waals surface area contributed by atoms with Gasteiger partial charge < -0.3 is 15.4 Å². The van der Waals surface area contributed by atoms with Gasteiger partial charge in [-0.15, -0.1) is 0 Å². The standard InChI is InChI=1S/C14H19FN2O4S/c1-9(2)21-13-4-3-10(15)7-12(13)17-14(18)16-11-5-6-22(19,20)8-11/h3-4,7,9,11H,5-6,8H2,1-2H3,(H2,16,17,18)/t11-/m1/s1. The fourth-order valence-electron chi connectivity index (χ4n) is 2.21. The maximum atomic E-state index is 13.3. The third-order valence-corrected chi connectivity index (χ3v) is 4.89. The van der Waals surface area contributed by atoms with Crippen LogP contribution in [0.5, 0.6) is 5.75 Å². The van der Waals surface area contributed by atoms with Crippen LogP contribution in [0, 0.1) is 5.82 Å². The molecule has 122 valence electrons. The van der Waals surface area contributed by atoms with E-state index in [2.05, 4.69) is 10.6 Å². The first kappa shape index (κ1) is 16.5. The van der Waals surface area contributed by atoms with Crippen LogP contribution in [0.2, 0.25) is 0 Å². The van der Waals surface area contributed by atoms with Crippen LogP contribution in [0.3, 0.4) is 0 Å². The Hall–Kier alpha value is -1.83. The molecule has 2 N–H and O–H groups in total. The Morgan fingerprint density at radius 1 is 1.41 bits per heavy atom. The van der Waals surface area contributed by atoms with Crippen LogP contribution >= 0.6 is 0 Å². The summed E-state index contributed by atoms with van der Waals surface area (Å²) in [4.78, 5) is 11.9. The summed E-state index contributed by atoms with van der Waals surface area (Å²) in [7, 11) is -3.07. The highest BCUT2D eigenvalue weighted by atomic mass is 32.2. The van der Waals surface area contributed by atoms with Crippen molar-refractivity contribution in [1.82, 2.24) is 5.32 Å². The number of anilines is 1. The topological polar surface area (TPSA) is 84.5 Å². The van der Waals surface area contributed by atoms with Gasteiger partial charge in [0.2, 0.25) is 0 Å². The summed E-state index contributed by atoms with van der Waals surface area (Å²) >= 11 is 0. The number of urea groups is 1. The number of carbonyl (C=O) groups is 1. The molecule has 1 aromatic rings.